The van der Waals surface area contributed by atoms with E-state index in [4.69, 9.17) is 9.72 Å². The SMILES string of the molecule is CCCCN1CCCC[C@@H]1c1cccnc1N1CCN(C(=O)OC(C)(C)C)CC1. The highest BCUT2D eigenvalue weighted by atomic mass is 16.6. The maximum Gasteiger partial charge on any atom is 0.410 e. The summed E-state index contributed by atoms with van der Waals surface area (Å²) in [5, 5.41) is 0. The van der Waals surface area contributed by atoms with Crippen LogP contribution < -0.4 is 4.90 Å². The molecule has 1 aromatic heterocycles. The Bertz CT molecular complexity index is 665. The largest absolute Gasteiger partial charge is 0.444 e. The van der Waals surface area contributed by atoms with Gasteiger partial charge in [-0.3, -0.25) is 4.90 Å². The molecule has 0 saturated carbocycles. The number of nitrogens with zero attached hydrogens (tertiary/aromatic N) is 4. The highest BCUT2D eigenvalue weighted by Crippen LogP contribution is 2.35. The molecule has 0 spiro atoms. The molecule has 0 N–H and O–H groups in total. The van der Waals surface area contributed by atoms with E-state index in [1.54, 1.807) is 0 Å². The summed E-state index contributed by atoms with van der Waals surface area (Å²) in [6, 6.07) is 4.79. The Kier molecular flexibility index (Phi) is 7.38. The van der Waals surface area contributed by atoms with Gasteiger partial charge in [0, 0.05) is 44.0 Å². The molecule has 2 aliphatic rings. The van der Waals surface area contributed by atoms with E-state index in [0.717, 1.165) is 18.9 Å². The lowest BCUT2D eigenvalue weighted by Crippen LogP contribution is -2.50. The van der Waals surface area contributed by atoms with Crippen LogP contribution in [0.25, 0.3) is 0 Å². The maximum atomic E-state index is 12.4. The Labute approximate surface area is 176 Å². The van der Waals surface area contributed by atoms with Crippen molar-refractivity contribution in [3.63, 3.8) is 0 Å². The lowest BCUT2D eigenvalue weighted by atomic mass is 9.94. The molecule has 0 bridgehead atoms. The van der Waals surface area contributed by atoms with E-state index >= 15 is 0 Å². The lowest BCUT2D eigenvalue weighted by molar-refractivity contribution is 0.0240. The first-order valence-electron chi connectivity index (χ1n) is 11.3. The van der Waals surface area contributed by atoms with Gasteiger partial charge in [0.15, 0.2) is 0 Å². The number of anilines is 1. The zero-order chi connectivity index (χ0) is 20.9. The molecule has 0 radical (unpaired) electrons. The van der Waals surface area contributed by atoms with E-state index in [9.17, 15) is 4.79 Å². The number of likely N-dealkylation sites (tertiary alicyclic amines) is 1. The number of hydrogen-bond donors (Lipinski definition) is 0. The summed E-state index contributed by atoms with van der Waals surface area (Å²) in [4.78, 5) is 24.0. The number of rotatable bonds is 5. The number of amides is 1. The molecule has 0 unspecified atom stereocenters. The number of ether oxygens (including phenoxy) is 1. The number of carbonyl (C=O) groups excluding carboxylic acids is 1. The van der Waals surface area contributed by atoms with E-state index in [1.807, 2.05) is 31.9 Å². The minimum absolute atomic E-state index is 0.212. The molecule has 1 aromatic rings. The van der Waals surface area contributed by atoms with Gasteiger partial charge in [0.1, 0.15) is 11.4 Å². The van der Waals surface area contributed by atoms with Crippen molar-refractivity contribution < 1.29 is 9.53 Å². The van der Waals surface area contributed by atoms with Crippen molar-refractivity contribution in [2.75, 3.05) is 44.2 Å². The van der Waals surface area contributed by atoms with Crippen LogP contribution in [-0.2, 0) is 4.74 Å². The Balaban J connectivity index is 1.69. The van der Waals surface area contributed by atoms with E-state index < -0.39 is 5.60 Å². The Hall–Kier alpha value is -1.82. The topological polar surface area (TPSA) is 48.9 Å². The molecule has 3 rings (SSSR count). The molecule has 6 nitrogen and oxygen atoms in total. The van der Waals surface area contributed by atoms with Gasteiger partial charge in [-0.1, -0.05) is 25.8 Å². The third-order valence-electron chi connectivity index (χ3n) is 5.82. The highest BCUT2D eigenvalue weighted by molar-refractivity contribution is 5.68. The Morgan fingerprint density at radius 1 is 1.17 bits per heavy atom. The molecule has 2 aliphatic heterocycles. The van der Waals surface area contributed by atoms with E-state index in [2.05, 4.69) is 28.9 Å². The first-order valence-corrected chi connectivity index (χ1v) is 11.3. The second-order valence-electron chi connectivity index (χ2n) is 9.27. The zero-order valence-electron chi connectivity index (χ0n) is 18.7. The smallest absolute Gasteiger partial charge is 0.410 e. The molecule has 3 heterocycles. The van der Waals surface area contributed by atoms with Crippen LogP contribution in [0, 0.1) is 0 Å². The third-order valence-corrected chi connectivity index (χ3v) is 5.82. The Morgan fingerprint density at radius 2 is 1.93 bits per heavy atom. The van der Waals surface area contributed by atoms with Gasteiger partial charge in [-0.15, -0.1) is 0 Å². The summed E-state index contributed by atoms with van der Waals surface area (Å²) in [5.74, 6) is 1.10. The minimum atomic E-state index is -0.453. The van der Waals surface area contributed by atoms with Gasteiger partial charge in [-0.05, 0) is 59.2 Å². The first-order chi connectivity index (χ1) is 13.9. The number of hydrogen-bond acceptors (Lipinski definition) is 5. The lowest BCUT2D eigenvalue weighted by Gasteiger charge is -2.40. The van der Waals surface area contributed by atoms with Crippen LogP contribution in [-0.4, -0.2) is 65.7 Å². The van der Waals surface area contributed by atoms with Crippen molar-refractivity contribution in [1.29, 1.82) is 0 Å². The molecule has 1 atom stereocenters. The van der Waals surface area contributed by atoms with Crippen LogP contribution in [0.3, 0.4) is 0 Å². The molecule has 2 saturated heterocycles. The van der Waals surface area contributed by atoms with Crippen molar-refractivity contribution in [2.45, 2.75) is 71.4 Å². The number of piperidine rings is 1. The molecule has 29 heavy (non-hydrogen) atoms. The van der Waals surface area contributed by atoms with Gasteiger partial charge in [-0.25, -0.2) is 9.78 Å². The van der Waals surface area contributed by atoms with E-state index in [-0.39, 0.29) is 6.09 Å². The van der Waals surface area contributed by atoms with E-state index in [1.165, 1.54) is 50.8 Å². The van der Waals surface area contributed by atoms with Crippen molar-refractivity contribution in [3.05, 3.63) is 23.9 Å². The number of carbonyl (C=O) groups is 1. The van der Waals surface area contributed by atoms with Crippen LogP contribution >= 0.6 is 0 Å². The molecular weight excluding hydrogens is 364 g/mol. The summed E-state index contributed by atoms with van der Waals surface area (Å²) in [6.45, 7) is 13.3. The van der Waals surface area contributed by atoms with Crippen molar-refractivity contribution >= 4 is 11.9 Å². The molecule has 2 fully saturated rings. The summed E-state index contributed by atoms with van der Waals surface area (Å²) < 4.78 is 5.53. The van der Waals surface area contributed by atoms with Crippen molar-refractivity contribution in [1.82, 2.24) is 14.8 Å². The van der Waals surface area contributed by atoms with Gasteiger partial charge < -0.3 is 14.5 Å². The molecule has 0 aliphatic carbocycles. The number of pyridine rings is 1. The Morgan fingerprint density at radius 3 is 2.62 bits per heavy atom. The highest BCUT2D eigenvalue weighted by Gasteiger charge is 2.30. The minimum Gasteiger partial charge on any atom is -0.444 e. The second-order valence-corrected chi connectivity index (χ2v) is 9.27. The number of piperazine rings is 1. The first kappa shape index (κ1) is 21.9. The predicted octanol–water partition coefficient (Wildman–Crippen LogP) is 4.47. The maximum absolute atomic E-state index is 12.4. The average molecular weight is 403 g/mol. The van der Waals surface area contributed by atoms with E-state index in [0.29, 0.717) is 19.1 Å². The molecule has 162 valence electrons. The van der Waals surface area contributed by atoms with Crippen LogP contribution in [0.2, 0.25) is 0 Å². The molecule has 0 aromatic carbocycles. The molecular formula is C23H38N4O2. The fraction of sp³-hybridized carbons (Fsp3) is 0.739. The number of aromatic nitrogens is 1. The van der Waals surface area contributed by atoms with Crippen LogP contribution in [0.5, 0.6) is 0 Å². The van der Waals surface area contributed by atoms with Crippen LogP contribution in [0.4, 0.5) is 10.6 Å². The third kappa shape index (κ3) is 5.84. The van der Waals surface area contributed by atoms with Crippen molar-refractivity contribution in [2.24, 2.45) is 0 Å². The standard InChI is InChI=1S/C23H38N4O2/c1-5-6-13-25-14-8-7-11-20(25)19-10-9-12-24-21(19)26-15-17-27(18-16-26)22(28)29-23(2,3)4/h9-10,12,20H,5-8,11,13-18H2,1-4H3/t20-/m1/s1. The summed E-state index contributed by atoms with van der Waals surface area (Å²) >= 11 is 0. The van der Waals surface area contributed by atoms with Crippen LogP contribution in [0.15, 0.2) is 18.3 Å². The summed E-state index contributed by atoms with van der Waals surface area (Å²) in [5.41, 5.74) is 0.903. The average Bonchev–Trinajstić information content (AvgIpc) is 2.71. The zero-order valence-corrected chi connectivity index (χ0v) is 18.7. The second kappa shape index (κ2) is 9.79. The molecule has 1 amide bonds. The fourth-order valence-corrected chi connectivity index (χ4v) is 4.33. The van der Waals surface area contributed by atoms with Gasteiger partial charge in [0.05, 0.1) is 0 Å². The van der Waals surface area contributed by atoms with Gasteiger partial charge in [-0.2, -0.15) is 0 Å². The van der Waals surface area contributed by atoms with Gasteiger partial charge in [0.2, 0.25) is 0 Å². The summed E-state index contributed by atoms with van der Waals surface area (Å²) in [6.07, 6.45) is 7.96. The van der Waals surface area contributed by atoms with Crippen LogP contribution in [0.1, 0.15) is 71.4 Å². The quantitative estimate of drug-likeness (QED) is 0.727. The monoisotopic (exact) mass is 402 g/mol. The van der Waals surface area contributed by atoms with Crippen molar-refractivity contribution in [3.8, 4) is 0 Å². The normalized spacial score (nSPS) is 21.3. The fourth-order valence-electron chi connectivity index (χ4n) is 4.33. The number of unbranched alkanes of at least 4 members (excludes halogenated alkanes) is 1. The predicted molar refractivity (Wildman–Crippen MR) is 117 cm³/mol. The molecule has 6 heteroatoms. The summed E-state index contributed by atoms with van der Waals surface area (Å²) in [7, 11) is 0. The van der Waals surface area contributed by atoms with Gasteiger partial charge >= 0.3 is 6.09 Å². The van der Waals surface area contributed by atoms with Gasteiger partial charge in [0.25, 0.3) is 0 Å².